The van der Waals surface area contributed by atoms with Crippen molar-refractivity contribution in [2.75, 3.05) is 14.2 Å². The number of nitrogens with zero attached hydrogens (tertiary/aromatic N) is 2. The van der Waals surface area contributed by atoms with E-state index in [1.54, 1.807) is 14.2 Å². The van der Waals surface area contributed by atoms with Gasteiger partial charge in [0, 0.05) is 25.7 Å². The number of hydrogen-bond donors (Lipinski definition) is 0. The second-order valence-corrected chi connectivity index (χ2v) is 26.0. The number of unbranched alkanes of at least 4 members (excludes halogenated alkanes) is 45. The van der Waals surface area contributed by atoms with Gasteiger partial charge in [0.1, 0.15) is 0 Å². The standard InChI is InChI=1S/C79H130N2.2CH3O.Ni/c1-5-9-13-15-17-19-21-23-25-27-29-31-33-35-37-39-41-43-45-47-49-51-53-55-57-59-66-74-68-61-63-71-77(74)79(78(69-12-8-4)75(72-81-80)64-11-7-3)76-70-62-60-67-73(76)65-58-56-54-52-50-48-46-44-42-40-38-36-34-32-30-28-26-24-22-20-18-16-14-10-6-2;2*1-2;/h60-63,67-68,70-71H,5-53,58-59,64-66,69H2,1-4H3;2*1H3;/q;2*-1;+2. The molecule has 86 heavy (non-hydrogen) atoms. The minimum atomic E-state index is 0.819. The summed E-state index contributed by atoms with van der Waals surface area (Å²) in [6.45, 7) is 9.13. The van der Waals surface area contributed by atoms with Crippen molar-refractivity contribution in [2.24, 2.45) is 0 Å². The Morgan fingerprint density at radius 2 is 0.616 bits per heavy atom. The van der Waals surface area contributed by atoms with Crippen LogP contribution in [0, 0.1) is 23.7 Å². The summed E-state index contributed by atoms with van der Waals surface area (Å²) in [4.78, 5) is 3.56. The molecule has 0 spiro atoms. The molecule has 0 fully saturated rings. The van der Waals surface area contributed by atoms with Gasteiger partial charge < -0.3 is 5.53 Å². The van der Waals surface area contributed by atoms with Crippen LogP contribution < -0.4 is 0 Å². The second-order valence-electron chi connectivity index (χ2n) is 25.1. The number of aryl methyl sites for hydroxylation is 2. The van der Waals surface area contributed by atoms with Crippen molar-refractivity contribution < 1.29 is 27.6 Å². The predicted molar refractivity (Wildman–Crippen MR) is 375 cm³/mol. The molecule has 0 bridgehead atoms. The van der Waals surface area contributed by atoms with Gasteiger partial charge >= 0.3 is 42.9 Å². The topological polar surface area (TPSA) is 54.9 Å². The van der Waals surface area contributed by atoms with Crippen LogP contribution in [0.4, 0.5) is 0 Å². The molecule has 5 heteroatoms. The molecule has 0 amide bonds. The van der Waals surface area contributed by atoms with Crippen LogP contribution in [0.5, 0.6) is 0 Å². The Morgan fingerprint density at radius 3 is 0.895 bits per heavy atom. The van der Waals surface area contributed by atoms with Crippen molar-refractivity contribution >= 4 is 11.4 Å². The van der Waals surface area contributed by atoms with E-state index in [2.05, 4.69) is 118 Å². The molecule has 4 nitrogen and oxygen atoms in total. The van der Waals surface area contributed by atoms with Crippen LogP contribution in [0.25, 0.3) is 11.1 Å². The predicted octanol–water partition coefficient (Wildman–Crippen LogP) is 26.4. The molecule has 0 radical (unpaired) electrons. The Balaban J connectivity index is 0.00000707. The van der Waals surface area contributed by atoms with Crippen LogP contribution in [0.1, 0.15) is 390 Å². The third-order valence-corrected chi connectivity index (χ3v) is 17.8. The Morgan fingerprint density at radius 1 is 0.349 bits per heavy atom. The average molecular weight is 1230 g/mol. The molecule has 2 rings (SSSR count). The van der Waals surface area contributed by atoms with Gasteiger partial charge in [-0.3, -0.25) is 0 Å². The summed E-state index contributed by atoms with van der Waals surface area (Å²) in [6, 6.07) is 18.1. The molecule has 2 aromatic rings. The summed E-state index contributed by atoms with van der Waals surface area (Å²) in [5, 5.41) is 0. The van der Waals surface area contributed by atoms with E-state index in [4.69, 9.17) is 0 Å². The van der Waals surface area contributed by atoms with E-state index in [9.17, 15) is 5.53 Å². The van der Waals surface area contributed by atoms with E-state index in [1.165, 1.54) is 309 Å². The Bertz CT molecular complexity index is 2050. The van der Waals surface area contributed by atoms with Gasteiger partial charge in [0.2, 0.25) is 0 Å². The summed E-state index contributed by atoms with van der Waals surface area (Å²) in [5.74, 6) is 17.4. The van der Waals surface area contributed by atoms with Crippen molar-refractivity contribution in [1.29, 1.82) is 0 Å². The molecule has 0 aliphatic carbocycles. The van der Waals surface area contributed by atoms with Gasteiger partial charge in [-0.2, -0.15) is 0 Å². The maximum absolute atomic E-state index is 9.99. The summed E-state index contributed by atoms with van der Waals surface area (Å²) in [7, 11) is 3.12. The van der Waals surface area contributed by atoms with Crippen molar-refractivity contribution in [3.63, 3.8) is 0 Å². The first-order chi connectivity index (χ1) is 42.6. The summed E-state index contributed by atoms with van der Waals surface area (Å²) >= 11 is 0.819. The fourth-order valence-electron chi connectivity index (χ4n) is 12.2. The van der Waals surface area contributed by atoms with Crippen LogP contribution in [0.15, 0.2) is 59.7 Å². The fraction of sp³-hybridized carbons (Fsp3) is 0.753. The van der Waals surface area contributed by atoms with Gasteiger partial charge in [-0.25, -0.2) is 0 Å². The number of hydrogen-bond acceptors (Lipinski definition) is 2. The monoisotopic (exact) mass is 1230 g/mol. The van der Waals surface area contributed by atoms with E-state index in [0.717, 1.165) is 97.7 Å². The molecule has 2 aromatic carbocycles. The van der Waals surface area contributed by atoms with Crippen molar-refractivity contribution in [3.05, 3.63) is 87.5 Å². The van der Waals surface area contributed by atoms with Crippen LogP contribution in [0.3, 0.4) is 0 Å². The van der Waals surface area contributed by atoms with Gasteiger partial charge in [0.25, 0.3) is 0 Å². The van der Waals surface area contributed by atoms with Crippen LogP contribution in [-0.4, -0.2) is 24.9 Å². The van der Waals surface area contributed by atoms with Gasteiger partial charge in [0.15, 0.2) is 0 Å². The SMILES string of the molecule is CCCCCCCCCCCCCCCCCCCCCCCC#CCCc1ccccc1C(=C(CCCC)C(=C=[N+]=[N-])CCCC)c1ccccc1CCC#CCCCCCCCCCCCCCCCCCCCCCCCC.C[O][Ni][O]C. The molecule has 0 aromatic heterocycles. The molecular formula is C81H136N2NiO2. The van der Waals surface area contributed by atoms with Crippen molar-refractivity contribution in [3.8, 4) is 23.7 Å². The molecule has 0 saturated carbocycles. The zero-order valence-electron chi connectivity index (χ0n) is 57.5. The van der Waals surface area contributed by atoms with Gasteiger partial charge in [-0.05, 0) is 84.8 Å². The van der Waals surface area contributed by atoms with Crippen LogP contribution >= 0.6 is 0 Å². The molecule has 0 heterocycles. The second kappa shape index (κ2) is 66.3. The third kappa shape index (κ3) is 48.8. The number of rotatable bonds is 58. The Labute approximate surface area is 542 Å². The van der Waals surface area contributed by atoms with Crippen LogP contribution in [-0.2, 0) is 35.7 Å². The van der Waals surface area contributed by atoms with Crippen molar-refractivity contribution in [2.45, 2.75) is 381 Å². The first kappa shape index (κ1) is 80.9. The first-order valence-electron chi connectivity index (χ1n) is 37.1. The Kier molecular flexibility index (Phi) is 62.4. The molecular weight excluding hydrogens is 1090 g/mol. The number of benzene rings is 2. The van der Waals surface area contributed by atoms with Crippen molar-refractivity contribution in [1.82, 2.24) is 0 Å². The van der Waals surface area contributed by atoms with Crippen LogP contribution in [0.2, 0.25) is 0 Å². The molecule has 0 atom stereocenters. The van der Waals surface area contributed by atoms with Gasteiger partial charge in [-0.1, -0.05) is 352 Å². The van der Waals surface area contributed by atoms with E-state index in [-0.39, 0.29) is 0 Å². The maximum atomic E-state index is 9.99. The minimum absolute atomic E-state index is 0.819. The van der Waals surface area contributed by atoms with E-state index >= 15 is 0 Å². The fourth-order valence-corrected chi connectivity index (χ4v) is 12.3. The molecule has 0 aliphatic heterocycles. The van der Waals surface area contributed by atoms with E-state index in [1.807, 2.05) is 0 Å². The average Bonchev–Trinajstić information content (AvgIpc) is 2.23. The Hall–Kier alpha value is -3.13. The number of allylic oxidation sites excluding steroid dienone is 2. The van der Waals surface area contributed by atoms with Gasteiger partial charge in [0.05, 0.1) is 5.57 Å². The third-order valence-electron chi connectivity index (χ3n) is 17.4. The summed E-state index contributed by atoms with van der Waals surface area (Å²) in [5.41, 5.74) is 18.8. The molecule has 0 N–H and O–H groups in total. The zero-order valence-corrected chi connectivity index (χ0v) is 58.5. The molecule has 0 unspecified atom stereocenters. The normalized spacial score (nSPS) is 11.3. The van der Waals surface area contributed by atoms with E-state index in [0.29, 0.717) is 0 Å². The molecule has 492 valence electrons. The molecule has 0 aliphatic rings. The summed E-state index contributed by atoms with van der Waals surface area (Å²) < 4.78 is 8.81. The van der Waals surface area contributed by atoms with E-state index < -0.39 is 0 Å². The molecule has 0 saturated heterocycles. The first-order valence-corrected chi connectivity index (χ1v) is 37.9. The summed E-state index contributed by atoms with van der Waals surface area (Å²) in [6.07, 6.45) is 72.6. The quantitative estimate of drug-likeness (QED) is 0.0126. The zero-order chi connectivity index (χ0) is 62.0. The van der Waals surface area contributed by atoms with Gasteiger partial charge in [-0.15, -0.1) is 28.5 Å².